The molecule has 3 aromatic rings. The molecule has 1 N–H and O–H groups in total. The van der Waals surface area contributed by atoms with Crippen LogP contribution in [0.15, 0.2) is 76.9 Å². The first-order valence-corrected chi connectivity index (χ1v) is 8.96. The molecule has 1 aromatic heterocycles. The van der Waals surface area contributed by atoms with Gasteiger partial charge in [-0.15, -0.1) is 0 Å². The number of carbonyl (C=O) groups is 1. The molecule has 0 bridgehead atoms. The van der Waals surface area contributed by atoms with Gasteiger partial charge in [0.05, 0.1) is 22.5 Å². The van der Waals surface area contributed by atoms with Crippen molar-refractivity contribution in [3.63, 3.8) is 0 Å². The van der Waals surface area contributed by atoms with E-state index >= 15 is 0 Å². The number of hydrogen-bond acceptors (Lipinski definition) is 4. The number of para-hydroxylation sites is 2. The Morgan fingerprint density at radius 3 is 2.69 bits per heavy atom. The van der Waals surface area contributed by atoms with Crippen molar-refractivity contribution in [2.24, 2.45) is 4.99 Å². The standard InChI is InChI=1S/C20H16N4OS/c1-14-7-5-6-10-17(14)22-20-23-19(25)18(26-20)11-15-12-21-24(13-15)16-8-3-2-4-9-16/h2-13H,1H3,(H,22,23,25)/b18-11+. The fourth-order valence-corrected chi connectivity index (χ4v) is 3.40. The van der Waals surface area contributed by atoms with Gasteiger partial charge in [0.25, 0.3) is 5.91 Å². The first-order valence-electron chi connectivity index (χ1n) is 8.14. The highest BCUT2D eigenvalue weighted by Crippen LogP contribution is 2.29. The van der Waals surface area contributed by atoms with E-state index in [0.717, 1.165) is 22.5 Å². The minimum absolute atomic E-state index is 0.144. The second-order valence-electron chi connectivity index (χ2n) is 5.82. The van der Waals surface area contributed by atoms with Crippen LogP contribution >= 0.6 is 11.8 Å². The summed E-state index contributed by atoms with van der Waals surface area (Å²) in [5, 5.41) is 7.76. The molecule has 0 unspecified atom stereocenters. The van der Waals surface area contributed by atoms with Crippen molar-refractivity contribution < 1.29 is 4.79 Å². The van der Waals surface area contributed by atoms with Crippen LogP contribution in [0, 0.1) is 6.92 Å². The second kappa shape index (κ2) is 7.01. The van der Waals surface area contributed by atoms with E-state index in [9.17, 15) is 4.79 Å². The maximum absolute atomic E-state index is 12.2. The number of carbonyl (C=O) groups excluding carboxylic acids is 1. The van der Waals surface area contributed by atoms with Crippen molar-refractivity contribution in [2.45, 2.75) is 6.92 Å². The minimum atomic E-state index is -0.144. The van der Waals surface area contributed by atoms with Gasteiger partial charge in [-0.1, -0.05) is 36.4 Å². The molecule has 128 valence electrons. The lowest BCUT2D eigenvalue weighted by Gasteiger charge is -1.99. The predicted octanol–water partition coefficient (Wildman–Crippen LogP) is 4.07. The smallest absolute Gasteiger partial charge is 0.264 e. The molecule has 1 fully saturated rings. The number of hydrogen-bond donors (Lipinski definition) is 1. The molecule has 1 amide bonds. The van der Waals surface area contributed by atoms with Gasteiger partial charge < -0.3 is 5.32 Å². The Balaban J connectivity index is 1.56. The highest BCUT2D eigenvalue weighted by Gasteiger charge is 2.24. The van der Waals surface area contributed by atoms with Gasteiger partial charge in [0.15, 0.2) is 5.17 Å². The molecule has 1 saturated heterocycles. The number of nitrogens with one attached hydrogen (secondary N) is 1. The van der Waals surface area contributed by atoms with E-state index in [2.05, 4.69) is 15.4 Å². The maximum atomic E-state index is 12.2. The van der Waals surface area contributed by atoms with E-state index in [4.69, 9.17) is 0 Å². The van der Waals surface area contributed by atoms with Gasteiger partial charge in [0, 0.05) is 11.8 Å². The van der Waals surface area contributed by atoms with Crippen LogP contribution in [0.25, 0.3) is 11.8 Å². The SMILES string of the molecule is Cc1ccccc1N=C1NC(=O)/C(=C\c2cnn(-c3ccccc3)c2)S1. The van der Waals surface area contributed by atoms with Crippen LogP contribution in [-0.4, -0.2) is 20.9 Å². The van der Waals surface area contributed by atoms with Crippen LogP contribution in [-0.2, 0) is 4.79 Å². The normalized spacial score (nSPS) is 17.0. The average molecular weight is 360 g/mol. The quantitative estimate of drug-likeness (QED) is 0.716. The summed E-state index contributed by atoms with van der Waals surface area (Å²) in [6.07, 6.45) is 5.46. The number of thioether (sulfide) groups is 1. The Morgan fingerprint density at radius 2 is 1.88 bits per heavy atom. The number of benzene rings is 2. The molecule has 4 rings (SSSR count). The van der Waals surface area contributed by atoms with Crippen LogP contribution < -0.4 is 5.32 Å². The average Bonchev–Trinajstić information content (AvgIpc) is 3.25. The third-order valence-electron chi connectivity index (χ3n) is 3.91. The third kappa shape index (κ3) is 3.45. The molecule has 6 heteroatoms. The van der Waals surface area contributed by atoms with E-state index in [1.807, 2.05) is 73.8 Å². The number of rotatable bonds is 3. The van der Waals surface area contributed by atoms with Crippen LogP contribution in [0.1, 0.15) is 11.1 Å². The largest absolute Gasteiger partial charge is 0.300 e. The monoisotopic (exact) mass is 360 g/mol. The van der Waals surface area contributed by atoms with Gasteiger partial charge in [-0.05, 0) is 48.5 Å². The summed E-state index contributed by atoms with van der Waals surface area (Å²) in [6, 6.07) is 17.7. The summed E-state index contributed by atoms with van der Waals surface area (Å²) in [5.74, 6) is -0.144. The molecule has 1 aliphatic heterocycles. The van der Waals surface area contributed by atoms with Crippen LogP contribution in [0.5, 0.6) is 0 Å². The molecule has 5 nitrogen and oxygen atoms in total. The summed E-state index contributed by atoms with van der Waals surface area (Å²) in [7, 11) is 0. The Kier molecular flexibility index (Phi) is 4.41. The van der Waals surface area contributed by atoms with E-state index in [-0.39, 0.29) is 5.91 Å². The molecule has 0 aliphatic carbocycles. The number of amides is 1. The number of aromatic nitrogens is 2. The highest BCUT2D eigenvalue weighted by atomic mass is 32.2. The summed E-state index contributed by atoms with van der Waals surface area (Å²) in [5.41, 5.74) is 3.76. The summed E-state index contributed by atoms with van der Waals surface area (Å²) >= 11 is 1.34. The van der Waals surface area contributed by atoms with Crippen molar-refractivity contribution in [2.75, 3.05) is 0 Å². The predicted molar refractivity (Wildman–Crippen MR) is 106 cm³/mol. The van der Waals surface area contributed by atoms with E-state index in [0.29, 0.717) is 10.1 Å². The molecule has 0 radical (unpaired) electrons. The molecule has 0 saturated carbocycles. The minimum Gasteiger partial charge on any atom is -0.300 e. The van der Waals surface area contributed by atoms with Crippen molar-refractivity contribution in [3.05, 3.63) is 83.0 Å². The Hall–Kier alpha value is -3.12. The fraction of sp³-hybridized carbons (Fsp3) is 0.0500. The zero-order valence-electron chi connectivity index (χ0n) is 14.1. The second-order valence-corrected chi connectivity index (χ2v) is 6.85. The van der Waals surface area contributed by atoms with Crippen molar-refractivity contribution >= 4 is 34.6 Å². The number of nitrogens with zero attached hydrogens (tertiary/aromatic N) is 3. The number of amidine groups is 1. The number of aliphatic imine (C=N–C) groups is 1. The van der Waals surface area contributed by atoms with E-state index < -0.39 is 0 Å². The lowest BCUT2D eigenvalue weighted by Crippen LogP contribution is -2.19. The molecule has 0 atom stereocenters. The fourth-order valence-electron chi connectivity index (χ4n) is 2.56. The van der Waals surface area contributed by atoms with Crippen LogP contribution in [0.4, 0.5) is 5.69 Å². The van der Waals surface area contributed by atoms with Crippen molar-refractivity contribution in [3.8, 4) is 5.69 Å². The van der Waals surface area contributed by atoms with Gasteiger partial charge in [0.2, 0.25) is 0 Å². The molecule has 0 spiro atoms. The topological polar surface area (TPSA) is 59.3 Å². The summed E-state index contributed by atoms with van der Waals surface area (Å²) < 4.78 is 1.78. The van der Waals surface area contributed by atoms with Crippen molar-refractivity contribution in [1.82, 2.24) is 15.1 Å². The van der Waals surface area contributed by atoms with Crippen molar-refractivity contribution in [1.29, 1.82) is 0 Å². The first kappa shape index (κ1) is 16.4. The Bertz CT molecular complexity index is 1020. The first-order chi connectivity index (χ1) is 12.7. The van der Waals surface area contributed by atoms with Gasteiger partial charge in [-0.2, -0.15) is 5.10 Å². The molecule has 26 heavy (non-hydrogen) atoms. The lowest BCUT2D eigenvalue weighted by molar-refractivity contribution is -0.115. The zero-order chi connectivity index (χ0) is 17.9. The lowest BCUT2D eigenvalue weighted by atomic mass is 10.2. The molecular formula is C20H16N4OS. The molecule has 1 aliphatic rings. The number of aryl methyl sites for hydroxylation is 1. The van der Waals surface area contributed by atoms with Gasteiger partial charge in [0.1, 0.15) is 0 Å². The molecule has 2 heterocycles. The Morgan fingerprint density at radius 1 is 1.12 bits per heavy atom. The summed E-state index contributed by atoms with van der Waals surface area (Å²) in [6.45, 7) is 2.00. The van der Waals surface area contributed by atoms with Gasteiger partial charge >= 0.3 is 0 Å². The van der Waals surface area contributed by atoms with E-state index in [1.54, 1.807) is 10.9 Å². The maximum Gasteiger partial charge on any atom is 0.264 e. The molecular weight excluding hydrogens is 344 g/mol. The van der Waals surface area contributed by atoms with E-state index in [1.165, 1.54) is 11.8 Å². The Labute approximate surface area is 155 Å². The highest BCUT2D eigenvalue weighted by molar-refractivity contribution is 8.18. The summed E-state index contributed by atoms with van der Waals surface area (Å²) in [4.78, 5) is 17.4. The third-order valence-corrected chi connectivity index (χ3v) is 4.82. The van der Waals surface area contributed by atoms with Gasteiger partial charge in [-0.3, -0.25) is 4.79 Å². The van der Waals surface area contributed by atoms with Crippen LogP contribution in [0.2, 0.25) is 0 Å². The van der Waals surface area contributed by atoms with Crippen LogP contribution in [0.3, 0.4) is 0 Å². The zero-order valence-corrected chi connectivity index (χ0v) is 14.9. The molecule has 2 aromatic carbocycles. The van der Waals surface area contributed by atoms with Gasteiger partial charge in [-0.25, -0.2) is 9.67 Å².